The van der Waals surface area contributed by atoms with Crippen LogP contribution in [-0.4, -0.2) is 43.1 Å². The topological polar surface area (TPSA) is 71.1 Å². The van der Waals surface area contributed by atoms with Crippen molar-refractivity contribution >= 4 is 45.2 Å². The maximum Gasteiger partial charge on any atom is 0.330 e. The molecule has 0 aromatic heterocycles. The molecular formula is C28H30O6S. The van der Waals surface area contributed by atoms with Crippen molar-refractivity contribution in [2.75, 3.05) is 19.0 Å². The van der Waals surface area contributed by atoms with E-state index in [1.54, 1.807) is 25.6 Å². The van der Waals surface area contributed by atoms with E-state index in [4.69, 9.17) is 18.9 Å². The van der Waals surface area contributed by atoms with Crippen LogP contribution in [0, 0.1) is 0 Å². The summed E-state index contributed by atoms with van der Waals surface area (Å²) < 4.78 is 23.0. The van der Waals surface area contributed by atoms with Crippen molar-refractivity contribution in [1.29, 1.82) is 0 Å². The Morgan fingerprint density at radius 3 is 1.80 bits per heavy atom. The van der Waals surface area contributed by atoms with Gasteiger partial charge in [0.05, 0.1) is 0 Å². The van der Waals surface area contributed by atoms with Crippen LogP contribution in [0.4, 0.5) is 0 Å². The highest BCUT2D eigenvalue weighted by atomic mass is 32.2. The SMILES string of the molecule is C=CC(=O)OC(C)COc1c2ccccc2c(OCC(C)OC(=O)C=C)c2cc(SCC)ccc12. The van der Waals surface area contributed by atoms with Gasteiger partial charge in [0.25, 0.3) is 0 Å². The van der Waals surface area contributed by atoms with Crippen molar-refractivity contribution in [3.8, 4) is 11.5 Å². The van der Waals surface area contributed by atoms with Gasteiger partial charge in [-0.2, -0.15) is 0 Å². The number of benzene rings is 3. The van der Waals surface area contributed by atoms with E-state index in [1.165, 1.54) is 0 Å². The average molecular weight is 495 g/mol. The molecule has 0 amide bonds. The summed E-state index contributed by atoms with van der Waals surface area (Å²) in [6.45, 7) is 12.9. The highest BCUT2D eigenvalue weighted by Crippen LogP contribution is 2.44. The highest BCUT2D eigenvalue weighted by Gasteiger charge is 2.19. The molecule has 0 N–H and O–H groups in total. The molecule has 0 fully saturated rings. The lowest BCUT2D eigenvalue weighted by atomic mass is 10.0. The minimum atomic E-state index is -0.493. The summed E-state index contributed by atoms with van der Waals surface area (Å²) in [5.74, 6) is 1.32. The number of carbonyl (C=O) groups is 2. The van der Waals surface area contributed by atoms with Gasteiger partial charge in [0.1, 0.15) is 36.9 Å². The Kier molecular flexibility index (Phi) is 9.20. The van der Waals surface area contributed by atoms with Crippen LogP contribution >= 0.6 is 11.8 Å². The fourth-order valence-electron chi connectivity index (χ4n) is 3.61. The van der Waals surface area contributed by atoms with Gasteiger partial charge in [0.2, 0.25) is 0 Å². The fraction of sp³-hybridized carbons (Fsp3) is 0.286. The first-order valence-corrected chi connectivity index (χ1v) is 12.4. The summed E-state index contributed by atoms with van der Waals surface area (Å²) in [7, 11) is 0. The number of hydrogen-bond donors (Lipinski definition) is 0. The van der Waals surface area contributed by atoms with Gasteiger partial charge in [0, 0.05) is 38.6 Å². The molecular weight excluding hydrogens is 464 g/mol. The van der Waals surface area contributed by atoms with E-state index in [2.05, 4.69) is 32.2 Å². The standard InChI is InChI=1S/C28H30O6S/c1-6-25(29)33-18(4)16-31-27-21-11-9-10-12-22(21)28(32-17-19(5)34-26(30)7-2)24-15-20(35-8-3)13-14-23(24)27/h6-7,9-15,18-19H,1-2,8,16-17H2,3-5H3. The Labute approximate surface area is 209 Å². The second-order valence-electron chi connectivity index (χ2n) is 7.87. The lowest BCUT2D eigenvalue weighted by Crippen LogP contribution is -2.21. The number of thioether (sulfide) groups is 1. The third kappa shape index (κ3) is 6.57. The first-order chi connectivity index (χ1) is 16.9. The van der Waals surface area contributed by atoms with Crippen molar-refractivity contribution in [3.05, 3.63) is 67.8 Å². The molecule has 2 unspecified atom stereocenters. The van der Waals surface area contributed by atoms with Gasteiger partial charge in [0.15, 0.2) is 0 Å². The summed E-state index contributed by atoms with van der Waals surface area (Å²) in [5.41, 5.74) is 0. The number of rotatable bonds is 12. The number of carbonyl (C=O) groups excluding carboxylic acids is 2. The van der Waals surface area contributed by atoms with E-state index in [0.717, 1.165) is 44.3 Å². The summed E-state index contributed by atoms with van der Waals surface area (Å²) in [6, 6.07) is 14.0. The second-order valence-corrected chi connectivity index (χ2v) is 9.21. The number of hydrogen-bond acceptors (Lipinski definition) is 7. The smallest absolute Gasteiger partial charge is 0.330 e. The molecule has 0 saturated carbocycles. The summed E-state index contributed by atoms with van der Waals surface area (Å²) >= 11 is 1.73. The van der Waals surface area contributed by atoms with Crippen LogP contribution in [0.15, 0.2) is 72.7 Å². The Bertz CT molecular complexity index is 1240. The second kappa shape index (κ2) is 12.3. The molecule has 0 aliphatic carbocycles. The lowest BCUT2D eigenvalue weighted by molar-refractivity contribution is -0.144. The molecule has 3 aromatic carbocycles. The summed E-state index contributed by atoms with van der Waals surface area (Å²) in [6.07, 6.45) is 1.35. The van der Waals surface area contributed by atoms with E-state index < -0.39 is 24.1 Å². The van der Waals surface area contributed by atoms with Crippen LogP contribution in [0.25, 0.3) is 21.5 Å². The van der Waals surface area contributed by atoms with Gasteiger partial charge in [-0.25, -0.2) is 9.59 Å². The molecule has 3 aromatic rings. The first kappa shape index (κ1) is 26.2. The van der Waals surface area contributed by atoms with Crippen LogP contribution < -0.4 is 9.47 Å². The molecule has 184 valence electrons. The molecule has 2 atom stereocenters. The number of esters is 2. The van der Waals surface area contributed by atoms with Gasteiger partial charge in [-0.1, -0.05) is 44.3 Å². The molecule has 0 aliphatic heterocycles. The first-order valence-electron chi connectivity index (χ1n) is 11.4. The maximum atomic E-state index is 11.6. The van der Waals surface area contributed by atoms with Crippen molar-refractivity contribution in [3.63, 3.8) is 0 Å². The molecule has 0 aliphatic rings. The van der Waals surface area contributed by atoms with E-state index in [0.29, 0.717) is 11.5 Å². The van der Waals surface area contributed by atoms with Crippen molar-refractivity contribution in [2.45, 2.75) is 37.9 Å². The van der Waals surface area contributed by atoms with Gasteiger partial charge in [-0.05, 0) is 37.8 Å². The van der Waals surface area contributed by atoms with Gasteiger partial charge in [-0.3, -0.25) is 0 Å². The Hall–Kier alpha value is -3.45. The normalized spacial score (nSPS) is 12.5. The third-order valence-electron chi connectivity index (χ3n) is 5.10. The Morgan fingerprint density at radius 2 is 1.31 bits per heavy atom. The van der Waals surface area contributed by atoms with Crippen LogP contribution in [0.5, 0.6) is 11.5 Å². The minimum Gasteiger partial charge on any atom is -0.488 e. The van der Waals surface area contributed by atoms with E-state index >= 15 is 0 Å². The molecule has 35 heavy (non-hydrogen) atoms. The van der Waals surface area contributed by atoms with Crippen LogP contribution in [0.1, 0.15) is 20.8 Å². The summed E-state index contributed by atoms with van der Waals surface area (Å²) in [4.78, 5) is 24.2. The molecule has 3 rings (SSSR count). The Balaban J connectivity index is 2.06. The van der Waals surface area contributed by atoms with Crippen molar-refractivity contribution in [2.24, 2.45) is 0 Å². The molecule has 6 nitrogen and oxygen atoms in total. The van der Waals surface area contributed by atoms with Gasteiger partial charge in [-0.15, -0.1) is 11.8 Å². The number of fused-ring (bicyclic) bond motifs is 2. The molecule has 0 radical (unpaired) electrons. The fourth-order valence-corrected chi connectivity index (χ4v) is 4.31. The molecule has 0 spiro atoms. The molecule has 0 bridgehead atoms. The van der Waals surface area contributed by atoms with Crippen LogP contribution in [-0.2, 0) is 19.1 Å². The predicted octanol–water partition coefficient (Wildman–Crippen LogP) is 6.10. The van der Waals surface area contributed by atoms with Gasteiger partial charge < -0.3 is 18.9 Å². The zero-order valence-corrected chi connectivity index (χ0v) is 21.1. The van der Waals surface area contributed by atoms with Crippen molar-refractivity contribution < 1.29 is 28.5 Å². The predicted molar refractivity (Wildman–Crippen MR) is 140 cm³/mol. The Morgan fingerprint density at radius 1 is 0.829 bits per heavy atom. The largest absolute Gasteiger partial charge is 0.488 e. The molecule has 0 heterocycles. The lowest BCUT2D eigenvalue weighted by Gasteiger charge is -2.21. The monoisotopic (exact) mass is 494 g/mol. The van der Waals surface area contributed by atoms with Gasteiger partial charge >= 0.3 is 11.9 Å². The van der Waals surface area contributed by atoms with Crippen LogP contribution in [0.2, 0.25) is 0 Å². The molecule has 7 heteroatoms. The molecule has 0 saturated heterocycles. The third-order valence-corrected chi connectivity index (χ3v) is 5.98. The van der Waals surface area contributed by atoms with Crippen molar-refractivity contribution in [1.82, 2.24) is 0 Å². The zero-order valence-electron chi connectivity index (χ0n) is 20.2. The van der Waals surface area contributed by atoms with E-state index in [9.17, 15) is 9.59 Å². The number of ether oxygens (including phenoxy) is 4. The van der Waals surface area contributed by atoms with E-state index in [-0.39, 0.29) is 13.2 Å². The highest BCUT2D eigenvalue weighted by molar-refractivity contribution is 7.99. The minimum absolute atomic E-state index is 0.179. The quantitative estimate of drug-likeness (QED) is 0.130. The summed E-state index contributed by atoms with van der Waals surface area (Å²) in [5, 5.41) is 3.49. The van der Waals surface area contributed by atoms with E-state index in [1.807, 2.05) is 30.3 Å². The van der Waals surface area contributed by atoms with Crippen LogP contribution in [0.3, 0.4) is 0 Å². The maximum absolute atomic E-state index is 11.6. The average Bonchev–Trinajstić information content (AvgIpc) is 2.85. The zero-order chi connectivity index (χ0) is 25.4.